The van der Waals surface area contributed by atoms with Crippen LogP contribution < -0.4 is 15.4 Å². The molecule has 1 heterocycles. The third kappa shape index (κ3) is 6.31. The summed E-state index contributed by atoms with van der Waals surface area (Å²) in [6, 6.07) is 21.1. The molecule has 2 N–H and O–H groups in total. The number of rotatable bonds is 9. The van der Waals surface area contributed by atoms with Crippen LogP contribution in [0.5, 0.6) is 5.75 Å². The van der Waals surface area contributed by atoms with Crippen LogP contribution in [0.25, 0.3) is 0 Å². The van der Waals surface area contributed by atoms with Crippen LogP contribution in [-0.2, 0) is 6.42 Å². The Labute approximate surface area is 171 Å². The standard InChI is InChI=1S/C23H26N4O2/c1-17(2)29-21-13-7-6-12-19(21)25-23(28)20-14-15-22(27-26-20)24-16-8-11-18-9-4-3-5-10-18/h3-7,9-10,12-15,17H,8,11,16H2,1-2H3,(H,24,27)(H,25,28). The Morgan fingerprint density at radius 1 is 0.966 bits per heavy atom. The Morgan fingerprint density at radius 2 is 1.72 bits per heavy atom. The highest BCUT2D eigenvalue weighted by Gasteiger charge is 2.12. The molecular formula is C23H26N4O2. The summed E-state index contributed by atoms with van der Waals surface area (Å²) in [5.74, 6) is 0.951. The first-order valence-electron chi connectivity index (χ1n) is 9.80. The third-order valence-corrected chi connectivity index (χ3v) is 4.19. The number of amides is 1. The van der Waals surface area contributed by atoms with Crippen LogP contribution in [-0.4, -0.2) is 28.8 Å². The highest BCUT2D eigenvalue weighted by molar-refractivity contribution is 6.03. The minimum atomic E-state index is -0.326. The van der Waals surface area contributed by atoms with E-state index < -0.39 is 0 Å². The molecule has 6 nitrogen and oxygen atoms in total. The number of hydrogen-bond donors (Lipinski definition) is 2. The number of anilines is 2. The van der Waals surface area contributed by atoms with Crippen LogP contribution in [0, 0.1) is 0 Å². The van der Waals surface area contributed by atoms with Gasteiger partial charge in [-0.3, -0.25) is 4.79 Å². The summed E-state index contributed by atoms with van der Waals surface area (Å²) in [6.07, 6.45) is 2.00. The first-order chi connectivity index (χ1) is 14.1. The van der Waals surface area contributed by atoms with Gasteiger partial charge in [-0.05, 0) is 56.5 Å². The van der Waals surface area contributed by atoms with Gasteiger partial charge in [0.2, 0.25) is 0 Å². The number of carbonyl (C=O) groups excluding carboxylic acids is 1. The lowest BCUT2D eigenvalue weighted by Gasteiger charge is -2.14. The Kier molecular flexibility index (Phi) is 7.16. The maximum absolute atomic E-state index is 12.5. The second-order valence-corrected chi connectivity index (χ2v) is 6.94. The van der Waals surface area contributed by atoms with E-state index in [4.69, 9.17) is 4.74 Å². The molecule has 3 aromatic rings. The molecule has 0 unspecified atom stereocenters. The van der Waals surface area contributed by atoms with Crippen molar-refractivity contribution in [2.24, 2.45) is 0 Å². The number of carbonyl (C=O) groups is 1. The summed E-state index contributed by atoms with van der Waals surface area (Å²) in [6.45, 7) is 4.67. The van der Waals surface area contributed by atoms with Crippen molar-refractivity contribution in [1.29, 1.82) is 0 Å². The van der Waals surface area contributed by atoms with Crippen molar-refractivity contribution < 1.29 is 9.53 Å². The van der Waals surface area contributed by atoms with Crippen LogP contribution in [0.2, 0.25) is 0 Å². The smallest absolute Gasteiger partial charge is 0.276 e. The second-order valence-electron chi connectivity index (χ2n) is 6.94. The molecule has 0 bridgehead atoms. The van der Waals surface area contributed by atoms with Gasteiger partial charge in [0.1, 0.15) is 11.6 Å². The van der Waals surface area contributed by atoms with E-state index in [1.54, 1.807) is 18.2 Å². The minimum absolute atomic E-state index is 0.0140. The summed E-state index contributed by atoms with van der Waals surface area (Å²) in [4.78, 5) is 12.5. The number of ether oxygens (including phenoxy) is 1. The van der Waals surface area contributed by atoms with Gasteiger partial charge in [0.05, 0.1) is 11.8 Å². The molecule has 0 atom stereocenters. The molecule has 0 saturated heterocycles. The van der Waals surface area contributed by atoms with Crippen LogP contribution >= 0.6 is 0 Å². The molecule has 1 aromatic heterocycles. The van der Waals surface area contributed by atoms with Crippen LogP contribution in [0.15, 0.2) is 66.7 Å². The maximum atomic E-state index is 12.5. The van der Waals surface area contributed by atoms with Gasteiger partial charge in [-0.15, -0.1) is 10.2 Å². The average molecular weight is 390 g/mol. The van der Waals surface area contributed by atoms with E-state index in [2.05, 4.69) is 33.0 Å². The van der Waals surface area contributed by atoms with Gasteiger partial charge < -0.3 is 15.4 Å². The number of benzene rings is 2. The van der Waals surface area contributed by atoms with E-state index in [1.807, 2.05) is 50.2 Å². The van der Waals surface area contributed by atoms with Crippen molar-refractivity contribution >= 4 is 17.4 Å². The van der Waals surface area contributed by atoms with Gasteiger partial charge in [-0.1, -0.05) is 42.5 Å². The summed E-state index contributed by atoms with van der Waals surface area (Å²) in [5, 5.41) is 14.2. The third-order valence-electron chi connectivity index (χ3n) is 4.19. The zero-order chi connectivity index (χ0) is 20.5. The molecule has 3 rings (SSSR count). The SMILES string of the molecule is CC(C)Oc1ccccc1NC(=O)c1ccc(NCCCc2ccccc2)nn1. The fourth-order valence-electron chi connectivity index (χ4n) is 2.81. The summed E-state index contributed by atoms with van der Waals surface area (Å²) >= 11 is 0. The van der Waals surface area contributed by atoms with Crippen molar-refractivity contribution in [2.45, 2.75) is 32.8 Å². The van der Waals surface area contributed by atoms with E-state index in [9.17, 15) is 4.79 Å². The topological polar surface area (TPSA) is 76.1 Å². The Balaban J connectivity index is 1.51. The molecule has 6 heteroatoms. The lowest BCUT2D eigenvalue weighted by atomic mass is 10.1. The summed E-state index contributed by atoms with van der Waals surface area (Å²) < 4.78 is 5.73. The highest BCUT2D eigenvalue weighted by atomic mass is 16.5. The fraction of sp³-hybridized carbons (Fsp3) is 0.261. The molecule has 150 valence electrons. The molecule has 0 aliphatic carbocycles. The van der Waals surface area contributed by atoms with Gasteiger partial charge in [0.15, 0.2) is 5.69 Å². The molecule has 0 saturated carbocycles. The molecule has 1 amide bonds. The number of para-hydroxylation sites is 2. The zero-order valence-corrected chi connectivity index (χ0v) is 16.8. The van der Waals surface area contributed by atoms with Crippen LogP contribution in [0.1, 0.15) is 36.3 Å². The summed E-state index contributed by atoms with van der Waals surface area (Å²) in [5.41, 5.74) is 2.17. The van der Waals surface area contributed by atoms with Crippen molar-refractivity contribution in [3.63, 3.8) is 0 Å². The van der Waals surface area contributed by atoms with Crippen molar-refractivity contribution in [2.75, 3.05) is 17.2 Å². The quantitative estimate of drug-likeness (QED) is 0.524. The zero-order valence-electron chi connectivity index (χ0n) is 16.8. The number of hydrogen-bond acceptors (Lipinski definition) is 5. The van der Waals surface area contributed by atoms with Crippen LogP contribution in [0.3, 0.4) is 0 Å². The Hall–Kier alpha value is -3.41. The predicted molar refractivity (Wildman–Crippen MR) is 115 cm³/mol. The molecule has 0 aliphatic rings. The first kappa shape index (κ1) is 20.3. The molecule has 2 aromatic carbocycles. The van der Waals surface area contributed by atoms with Crippen molar-refractivity contribution in [3.8, 4) is 5.75 Å². The number of aryl methyl sites for hydroxylation is 1. The summed E-state index contributed by atoms with van der Waals surface area (Å²) in [7, 11) is 0. The number of nitrogens with zero attached hydrogens (tertiary/aromatic N) is 2. The molecule has 0 fully saturated rings. The molecule has 29 heavy (non-hydrogen) atoms. The largest absolute Gasteiger partial charge is 0.489 e. The second kappa shape index (κ2) is 10.2. The minimum Gasteiger partial charge on any atom is -0.489 e. The van der Waals surface area contributed by atoms with E-state index in [0.717, 1.165) is 19.4 Å². The maximum Gasteiger partial charge on any atom is 0.276 e. The average Bonchev–Trinajstić information content (AvgIpc) is 2.73. The van der Waals surface area contributed by atoms with Gasteiger partial charge in [0, 0.05) is 6.54 Å². The molecular weight excluding hydrogens is 364 g/mol. The van der Waals surface area contributed by atoms with Gasteiger partial charge in [-0.25, -0.2) is 0 Å². The number of aromatic nitrogens is 2. The van der Waals surface area contributed by atoms with E-state index >= 15 is 0 Å². The van der Waals surface area contributed by atoms with Crippen LogP contribution in [0.4, 0.5) is 11.5 Å². The van der Waals surface area contributed by atoms with E-state index in [-0.39, 0.29) is 17.7 Å². The van der Waals surface area contributed by atoms with Crippen molar-refractivity contribution in [3.05, 3.63) is 78.0 Å². The number of nitrogens with one attached hydrogen (secondary N) is 2. The fourth-order valence-corrected chi connectivity index (χ4v) is 2.81. The van der Waals surface area contributed by atoms with Gasteiger partial charge in [0.25, 0.3) is 5.91 Å². The predicted octanol–water partition coefficient (Wildman–Crippen LogP) is 4.56. The lowest BCUT2D eigenvalue weighted by molar-refractivity contribution is 0.102. The monoisotopic (exact) mass is 390 g/mol. The van der Waals surface area contributed by atoms with E-state index in [0.29, 0.717) is 17.3 Å². The van der Waals surface area contributed by atoms with E-state index in [1.165, 1.54) is 5.56 Å². The van der Waals surface area contributed by atoms with Crippen molar-refractivity contribution in [1.82, 2.24) is 10.2 Å². The van der Waals surface area contributed by atoms with Gasteiger partial charge in [-0.2, -0.15) is 0 Å². The molecule has 0 aliphatic heterocycles. The lowest BCUT2D eigenvalue weighted by Crippen LogP contribution is -2.16. The molecule has 0 radical (unpaired) electrons. The first-order valence-corrected chi connectivity index (χ1v) is 9.80. The van der Waals surface area contributed by atoms with Gasteiger partial charge >= 0.3 is 0 Å². The Morgan fingerprint density at radius 3 is 2.45 bits per heavy atom. The normalized spacial score (nSPS) is 10.6. The Bertz CT molecular complexity index is 912. The molecule has 0 spiro atoms. The highest BCUT2D eigenvalue weighted by Crippen LogP contribution is 2.25.